The molecule has 1 rings (SSSR count). The number of nitrogens with two attached hydrogens (primary N) is 1. The van der Waals surface area contributed by atoms with Crippen LogP contribution in [-0.4, -0.2) is 43.7 Å². The summed E-state index contributed by atoms with van der Waals surface area (Å²) in [6.45, 7) is 4.69. The number of ether oxygens (including phenoxy) is 1. The molecule has 0 radical (unpaired) electrons. The molecule has 4 heteroatoms. The lowest BCUT2D eigenvalue weighted by molar-refractivity contribution is 0.0576. The van der Waals surface area contributed by atoms with E-state index in [9.17, 15) is 0 Å². The van der Waals surface area contributed by atoms with Crippen molar-refractivity contribution in [3.63, 3.8) is 0 Å². The van der Waals surface area contributed by atoms with Gasteiger partial charge in [-0.15, -0.1) is 0 Å². The van der Waals surface area contributed by atoms with Crippen molar-refractivity contribution in [2.24, 2.45) is 10.7 Å². The van der Waals surface area contributed by atoms with Crippen molar-refractivity contribution in [3.05, 3.63) is 0 Å². The Kier molecular flexibility index (Phi) is 4.02. The molecular formula is C9H19N3O. The molecule has 0 aromatic rings. The summed E-state index contributed by atoms with van der Waals surface area (Å²) in [4.78, 5) is 6.30. The highest BCUT2D eigenvalue weighted by Crippen LogP contribution is 2.12. The van der Waals surface area contributed by atoms with Crippen molar-refractivity contribution >= 4 is 5.96 Å². The number of nitrogens with zero attached hydrogens (tertiary/aromatic N) is 2. The largest absolute Gasteiger partial charge is 0.381 e. The Bertz CT molecular complexity index is 174. The molecule has 2 N–H and O–H groups in total. The maximum atomic E-state index is 5.78. The Morgan fingerprint density at radius 1 is 1.54 bits per heavy atom. The zero-order chi connectivity index (χ0) is 9.68. The van der Waals surface area contributed by atoms with Crippen LogP contribution in [-0.2, 0) is 4.74 Å². The number of likely N-dealkylation sites (tertiary alicyclic amines) is 1. The van der Waals surface area contributed by atoms with Gasteiger partial charge >= 0.3 is 0 Å². The molecular weight excluding hydrogens is 166 g/mol. The molecule has 1 aliphatic rings. The van der Waals surface area contributed by atoms with Crippen LogP contribution in [0.2, 0.25) is 0 Å². The zero-order valence-corrected chi connectivity index (χ0v) is 8.49. The van der Waals surface area contributed by atoms with Gasteiger partial charge in [0.25, 0.3) is 0 Å². The molecule has 1 heterocycles. The highest BCUT2D eigenvalue weighted by atomic mass is 16.5. The first-order valence-corrected chi connectivity index (χ1v) is 4.85. The van der Waals surface area contributed by atoms with Crippen LogP contribution in [0.3, 0.4) is 0 Å². The van der Waals surface area contributed by atoms with E-state index < -0.39 is 0 Å². The van der Waals surface area contributed by atoms with Gasteiger partial charge in [0.05, 0.1) is 6.10 Å². The third-order valence-corrected chi connectivity index (χ3v) is 2.42. The van der Waals surface area contributed by atoms with Crippen molar-refractivity contribution < 1.29 is 4.74 Å². The lowest BCUT2D eigenvalue weighted by Crippen LogP contribution is -2.44. The van der Waals surface area contributed by atoms with Crippen molar-refractivity contribution in [1.29, 1.82) is 0 Å². The Labute approximate surface area is 79.8 Å². The van der Waals surface area contributed by atoms with E-state index in [1.807, 2.05) is 6.92 Å². The van der Waals surface area contributed by atoms with Gasteiger partial charge in [0.15, 0.2) is 5.96 Å². The molecule has 0 unspecified atom stereocenters. The van der Waals surface area contributed by atoms with E-state index in [2.05, 4.69) is 9.89 Å². The predicted molar refractivity (Wildman–Crippen MR) is 53.8 cm³/mol. The van der Waals surface area contributed by atoms with E-state index in [1.54, 1.807) is 7.11 Å². The summed E-state index contributed by atoms with van der Waals surface area (Å²) in [7, 11) is 1.77. The fourth-order valence-corrected chi connectivity index (χ4v) is 1.58. The number of rotatable bonds is 2. The second-order valence-corrected chi connectivity index (χ2v) is 3.25. The SMILES string of the molecule is CCN=C(N)N1CCC(OC)CC1. The molecule has 76 valence electrons. The van der Waals surface area contributed by atoms with Crippen molar-refractivity contribution in [1.82, 2.24) is 4.90 Å². The van der Waals surface area contributed by atoms with Crippen LogP contribution in [0.4, 0.5) is 0 Å². The minimum absolute atomic E-state index is 0.408. The first-order valence-electron chi connectivity index (χ1n) is 4.85. The summed E-state index contributed by atoms with van der Waals surface area (Å²) in [6, 6.07) is 0. The lowest BCUT2D eigenvalue weighted by Gasteiger charge is -2.31. The van der Waals surface area contributed by atoms with Gasteiger partial charge in [0.2, 0.25) is 0 Å². The van der Waals surface area contributed by atoms with E-state index in [1.165, 1.54) is 0 Å². The van der Waals surface area contributed by atoms with E-state index in [0.29, 0.717) is 12.1 Å². The van der Waals surface area contributed by atoms with Crippen molar-refractivity contribution in [3.8, 4) is 0 Å². The second kappa shape index (κ2) is 5.07. The molecule has 0 spiro atoms. The highest BCUT2D eigenvalue weighted by Gasteiger charge is 2.19. The standard InChI is InChI=1S/C9H19N3O/c1-3-11-9(10)12-6-4-8(13-2)5-7-12/h8H,3-7H2,1-2H3,(H2,10,11). The molecule has 0 bridgehead atoms. The maximum Gasteiger partial charge on any atom is 0.191 e. The molecule has 0 aromatic heterocycles. The van der Waals surface area contributed by atoms with Crippen molar-refractivity contribution in [2.75, 3.05) is 26.7 Å². The topological polar surface area (TPSA) is 50.8 Å². The Morgan fingerprint density at radius 2 is 2.15 bits per heavy atom. The maximum absolute atomic E-state index is 5.78. The van der Waals surface area contributed by atoms with E-state index in [0.717, 1.165) is 32.5 Å². The summed E-state index contributed by atoms with van der Waals surface area (Å²) in [5, 5.41) is 0. The van der Waals surface area contributed by atoms with Crippen LogP contribution in [0.15, 0.2) is 4.99 Å². The average Bonchev–Trinajstić information content (AvgIpc) is 2.18. The Morgan fingerprint density at radius 3 is 2.62 bits per heavy atom. The third kappa shape index (κ3) is 2.88. The lowest BCUT2D eigenvalue weighted by atomic mass is 10.1. The normalized spacial score (nSPS) is 20.8. The summed E-state index contributed by atoms with van der Waals surface area (Å²) in [6.07, 6.45) is 2.51. The molecule has 0 saturated carbocycles. The number of hydrogen-bond donors (Lipinski definition) is 1. The molecule has 1 fully saturated rings. The smallest absolute Gasteiger partial charge is 0.191 e. The van der Waals surface area contributed by atoms with Gasteiger partial charge in [0.1, 0.15) is 0 Å². The Balaban J connectivity index is 2.36. The quantitative estimate of drug-likeness (QED) is 0.501. The van der Waals surface area contributed by atoms with Gasteiger partial charge in [-0.25, -0.2) is 0 Å². The number of guanidine groups is 1. The van der Waals surface area contributed by atoms with Crippen LogP contribution in [0.25, 0.3) is 0 Å². The molecule has 1 saturated heterocycles. The number of piperidine rings is 1. The predicted octanol–water partition coefficient (Wildman–Crippen LogP) is 0.432. The zero-order valence-electron chi connectivity index (χ0n) is 8.49. The van der Waals surface area contributed by atoms with Crippen molar-refractivity contribution in [2.45, 2.75) is 25.9 Å². The third-order valence-electron chi connectivity index (χ3n) is 2.42. The van der Waals surface area contributed by atoms with E-state index in [4.69, 9.17) is 10.5 Å². The highest BCUT2D eigenvalue weighted by molar-refractivity contribution is 5.78. The fraction of sp³-hybridized carbons (Fsp3) is 0.889. The fourth-order valence-electron chi connectivity index (χ4n) is 1.58. The average molecular weight is 185 g/mol. The van der Waals surface area contributed by atoms with Gasteiger partial charge in [-0.1, -0.05) is 0 Å². The monoisotopic (exact) mass is 185 g/mol. The van der Waals surface area contributed by atoms with Gasteiger partial charge in [0, 0.05) is 26.7 Å². The number of methoxy groups -OCH3 is 1. The summed E-state index contributed by atoms with van der Waals surface area (Å²) in [5.41, 5.74) is 5.78. The van der Waals surface area contributed by atoms with E-state index >= 15 is 0 Å². The van der Waals surface area contributed by atoms with Crippen LogP contribution in [0.5, 0.6) is 0 Å². The van der Waals surface area contributed by atoms with Gasteiger partial charge in [-0.2, -0.15) is 0 Å². The summed E-state index contributed by atoms with van der Waals surface area (Å²) < 4.78 is 5.27. The molecule has 0 atom stereocenters. The molecule has 13 heavy (non-hydrogen) atoms. The Hall–Kier alpha value is -0.770. The first kappa shape index (κ1) is 10.3. The van der Waals surface area contributed by atoms with Gasteiger partial charge in [-0.3, -0.25) is 4.99 Å². The van der Waals surface area contributed by atoms with Crippen LogP contribution in [0.1, 0.15) is 19.8 Å². The van der Waals surface area contributed by atoms with E-state index in [-0.39, 0.29) is 0 Å². The first-order chi connectivity index (χ1) is 6.27. The molecule has 0 amide bonds. The summed E-state index contributed by atoms with van der Waals surface area (Å²) >= 11 is 0. The molecule has 0 aromatic carbocycles. The number of hydrogen-bond acceptors (Lipinski definition) is 2. The van der Waals surface area contributed by atoms with Crippen LogP contribution >= 0.6 is 0 Å². The molecule has 4 nitrogen and oxygen atoms in total. The minimum Gasteiger partial charge on any atom is -0.381 e. The number of aliphatic imine (C=N–C) groups is 1. The molecule has 0 aliphatic carbocycles. The van der Waals surface area contributed by atoms with Crippen LogP contribution in [0, 0.1) is 0 Å². The van der Waals surface area contributed by atoms with Gasteiger partial charge < -0.3 is 15.4 Å². The minimum atomic E-state index is 0.408. The van der Waals surface area contributed by atoms with Crippen LogP contribution < -0.4 is 5.73 Å². The van der Waals surface area contributed by atoms with Gasteiger partial charge in [-0.05, 0) is 19.8 Å². The second-order valence-electron chi connectivity index (χ2n) is 3.25. The summed E-state index contributed by atoms with van der Waals surface area (Å²) in [5.74, 6) is 0.678. The molecule has 1 aliphatic heterocycles.